The lowest BCUT2D eigenvalue weighted by Gasteiger charge is -2.34. The van der Waals surface area contributed by atoms with Gasteiger partial charge in [-0.1, -0.05) is 13.8 Å². The first kappa shape index (κ1) is 11.6. The van der Waals surface area contributed by atoms with Gasteiger partial charge in [0.15, 0.2) is 0 Å². The minimum Gasteiger partial charge on any atom is -0.390 e. The van der Waals surface area contributed by atoms with Crippen molar-refractivity contribution < 1.29 is 10.2 Å². The van der Waals surface area contributed by atoms with Gasteiger partial charge in [-0.3, -0.25) is 0 Å². The van der Waals surface area contributed by atoms with E-state index in [1.807, 2.05) is 6.92 Å². The van der Waals surface area contributed by atoms with Crippen LogP contribution in [0.25, 0.3) is 0 Å². The average molecular weight is 196 g/mol. The van der Waals surface area contributed by atoms with Crippen molar-refractivity contribution in [3.05, 3.63) is 0 Å². The maximum absolute atomic E-state index is 9.76. The molecule has 4 heteroatoms. The fraction of sp³-hybridized carbons (Fsp3) is 1.00. The van der Waals surface area contributed by atoms with Crippen LogP contribution in [0.1, 0.15) is 20.3 Å². The molecular formula is C7H16O2S2. The van der Waals surface area contributed by atoms with Crippen molar-refractivity contribution in [3.8, 4) is 0 Å². The topological polar surface area (TPSA) is 40.5 Å². The van der Waals surface area contributed by atoms with Crippen LogP contribution in [0.2, 0.25) is 0 Å². The first-order valence-corrected chi connectivity index (χ1v) is 4.83. The molecule has 68 valence electrons. The van der Waals surface area contributed by atoms with Crippen molar-refractivity contribution in [1.82, 2.24) is 0 Å². The van der Waals surface area contributed by atoms with Crippen LogP contribution in [0.5, 0.6) is 0 Å². The highest BCUT2D eigenvalue weighted by Gasteiger charge is 2.36. The zero-order chi connectivity index (χ0) is 9.07. The van der Waals surface area contributed by atoms with E-state index in [-0.39, 0.29) is 11.0 Å². The Kier molecular flexibility index (Phi) is 4.86. The predicted molar refractivity (Wildman–Crippen MR) is 53.5 cm³/mol. The number of rotatable bonds is 4. The van der Waals surface area contributed by atoms with Crippen LogP contribution < -0.4 is 0 Å². The van der Waals surface area contributed by atoms with Crippen LogP contribution in [0.3, 0.4) is 0 Å². The van der Waals surface area contributed by atoms with E-state index in [1.165, 1.54) is 0 Å². The number of hydrogen-bond donors (Lipinski definition) is 4. The Morgan fingerprint density at radius 3 is 2.09 bits per heavy atom. The summed E-state index contributed by atoms with van der Waals surface area (Å²) in [5.41, 5.74) is -1.17. The highest BCUT2D eigenvalue weighted by Crippen LogP contribution is 2.23. The highest BCUT2D eigenvalue weighted by atomic mass is 32.1. The minimum atomic E-state index is -1.17. The summed E-state index contributed by atoms with van der Waals surface area (Å²) in [6, 6.07) is 0. The highest BCUT2D eigenvalue weighted by molar-refractivity contribution is 7.81. The van der Waals surface area contributed by atoms with E-state index in [2.05, 4.69) is 25.3 Å². The van der Waals surface area contributed by atoms with Crippen molar-refractivity contribution in [3.63, 3.8) is 0 Å². The molecule has 2 N–H and O–H groups in total. The molecule has 0 aliphatic rings. The second-order valence-corrected chi connectivity index (χ2v) is 3.84. The molecule has 0 saturated carbocycles. The maximum Gasteiger partial charge on any atom is 0.110 e. The van der Waals surface area contributed by atoms with Gasteiger partial charge in [0.05, 0.1) is 6.10 Å². The molecule has 0 aliphatic heterocycles. The Morgan fingerprint density at radius 1 is 1.55 bits per heavy atom. The van der Waals surface area contributed by atoms with Crippen LogP contribution in [0.4, 0.5) is 0 Å². The van der Waals surface area contributed by atoms with Gasteiger partial charge >= 0.3 is 0 Å². The average Bonchev–Trinajstić information content (AvgIpc) is 2.01. The summed E-state index contributed by atoms with van der Waals surface area (Å²) in [5, 5.41) is 18.9. The first-order valence-electron chi connectivity index (χ1n) is 3.68. The molecule has 0 saturated heterocycles. The van der Waals surface area contributed by atoms with E-state index in [0.717, 1.165) is 0 Å². The van der Waals surface area contributed by atoms with Crippen molar-refractivity contribution in [1.29, 1.82) is 0 Å². The zero-order valence-electron chi connectivity index (χ0n) is 6.86. The van der Waals surface area contributed by atoms with E-state index in [4.69, 9.17) is 0 Å². The van der Waals surface area contributed by atoms with Gasteiger partial charge in [-0.15, -0.1) is 0 Å². The minimum absolute atomic E-state index is 0.229. The molecular weight excluding hydrogens is 180 g/mol. The summed E-state index contributed by atoms with van der Waals surface area (Å²) in [6.45, 7) is 3.56. The lowest BCUT2D eigenvalue weighted by atomic mass is 9.93. The molecule has 2 nitrogen and oxygen atoms in total. The van der Waals surface area contributed by atoms with E-state index in [1.54, 1.807) is 6.92 Å². The van der Waals surface area contributed by atoms with Crippen molar-refractivity contribution in [2.75, 3.05) is 5.75 Å². The van der Waals surface area contributed by atoms with E-state index in [9.17, 15) is 10.2 Å². The number of aliphatic hydroxyl groups excluding tert-OH is 1. The Bertz CT molecular complexity index is 119. The normalized spacial score (nSPS) is 22.4. The third-order valence-electron chi connectivity index (χ3n) is 1.94. The molecule has 0 amide bonds. The van der Waals surface area contributed by atoms with Crippen LogP contribution in [0.15, 0.2) is 0 Å². The Morgan fingerprint density at radius 2 is 2.00 bits per heavy atom. The van der Waals surface area contributed by atoms with Crippen molar-refractivity contribution in [2.45, 2.75) is 37.2 Å². The maximum atomic E-state index is 9.76. The third kappa shape index (κ3) is 2.54. The molecule has 0 aromatic carbocycles. The van der Waals surface area contributed by atoms with Crippen molar-refractivity contribution in [2.24, 2.45) is 0 Å². The summed E-state index contributed by atoms with van der Waals surface area (Å²) >= 11 is 8.07. The SMILES string of the molecule is CCC(O)C(O)(CS)C(C)S. The molecule has 11 heavy (non-hydrogen) atoms. The molecule has 0 bridgehead atoms. The second kappa shape index (κ2) is 4.60. The standard InChI is InChI=1S/C7H16O2S2/c1-3-6(8)7(9,4-10)5(2)11/h5-6,8-11H,3-4H2,1-2H3. The molecule has 3 unspecified atom stereocenters. The van der Waals surface area contributed by atoms with Gasteiger partial charge in [0.2, 0.25) is 0 Å². The lowest BCUT2D eigenvalue weighted by molar-refractivity contribution is -0.0563. The van der Waals surface area contributed by atoms with Gasteiger partial charge in [-0.2, -0.15) is 25.3 Å². The molecule has 0 fully saturated rings. The molecule has 0 spiro atoms. The lowest BCUT2D eigenvalue weighted by Crippen LogP contribution is -2.50. The summed E-state index contributed by atoms with van der Waals surface area (Å²) < 4.78 is 0. The molecule has 0 rings (SSSR count). The summed E-state index contributed by atoms with van der Waals surface area (Å²) in [4.78, 5) is 0. The molecule has 0 aromatic heterocycles. The molecule has 0 aromatic rings. The molecule has 3 atom stereocenters. The van der Waals surface area contributed by atoms with Gasteiger partial charge in [0.25, 0.3) is 0 Å². The van der Waals surface area contributed by atoms with E-state index >= 15 is 0 Å². The van der Waals surface area contributed by atoms with Gasteiger partial charge in [0.1, 0.15) is 5.60 Å². The largest absolute Gasteiger partial charge is 0.390 e. The fourth-order valence-electron chi connectivity index (χ4n) is 0.869. The third-order valence-corrected chi connectivity index (χ3v) is 2.89. The second-order valence-electron chi connectivity index (χ2n) is 2.75. The number of thiol groups is 2. The molecule has 0 heterocycles. The molecule has 0 radical (unpaired) electrons. The Balaban J connectivity index is 4.32. The summed E-state index contributed by atoms with van der Waals surface area (Å²) in [6.07, 6.45) is -0.227. The van der Waals surface area contributed by atoms with Crippen LogP contribution in [0, 0.1) is 0 Å². The number of aliphatic hydroxyl groups is 2. The van der Waals surface area contributed by atoms with Gasteiger partial charge < -0.3 is 10.2 Å². The smallest absolute Gasteiger partial charge is 0.110 e. The van der Waals surface area contributed by atoms with Crippen molar-refractivity contribution >= 4 is 25.3 Å². The Hall–Kier alpha value is 0.620. The van der Waals surface area contributed by atoms with Crippen LogP contribution in [-0.4, -0.2) is 32.9 Å². The number of hydrogen-bond acceptors (Lipinski definition) is 4. The zero-order valence-corrected chi connectivity index (χ0v) is 8.65. The monoisotopic (exact) mass is 196 g/mol. The molecule has 0 aliphatic carbocycles. The summed E-state index contributed by atoms with van der Waals surface area (Å²) in [5.74, 6) is 0.229. The van der Waals surface area contributed by atoms with Gasteiger partial charge in [-0.05, 0) is 6.42 Å². The van der Waals surface area contributed by atoms with E-state index < -0.39 is 11.7 Å². The predicted octanol–water partition coefficient (Wildman–Crippen LogP) is 0.736. The van der Waals surface area contributed by atoms with Gasteiger partial charge in [0, 0.05) is 11.0 Å². The summed E-state index contributed by atoms with van der Waals surface area (Å²) in [7, 11) is 0. The fourth-order valence-corrected chi connectivity index (χ4v) is 1.76. The van der Waals surface area contributed by atoms with Gasteiger partial charge in [-0.25, -0.2) is 0 Å². The van der Waals surface area contributed by atoms with E-state index in [0.29, 0.717) is 6.42 Å². The van der Waals surface area contributed by atoms with Crippen LogP contribution in [-0.2, 0) is 0 Å². The van der Waals surface area contributed by atoms with Crippen LogP contribution >= 0.6 is 25.3 Å². The first-order chi connectivity index (χ1) is 4.99. The quantitative estimate of drug-likeness (QED) is 0.501. The Labute approximate surface area is 78.8 Å².